The number of hydrogen-bond acceptors (Lipinski definition) is 4. The lowest BCUT2D eigenvalue weighted by atomic mass is 9.82. The van der Waals surface area contributed by atoms with E-state index in [0.29, 0.717) is 23.8 Å². The minimum Gasteiger partial charge on any atom is -0.485 e. The van der Waals surface area contributed by atoms with E-state index in [1.807, 2.05) is 30.3 Å². The van der Waals surface area contributed by atoms with E-state index in [1.54, 1.807) is 32.4 Å². The van der Waals surface area contributed by atoms with Crippen LogP contribution in [-0.4, -0.2) is 23.2 Å². The third-order valence-electron chi connectivity index (χ3n) is 7.10. The molecular formula is C28H28FNO4. The summed E-state index contributed by atoms with van der Waals surface area (Å²) in [5.74, 6) is 0.0453. The highest BCUT2D eigenvalue weighted by atomic mass is 19.1. The lowest BCUT2D eigenvalue weighted by molar-refractivity contribution is -0.142. The minimum atomic E-state index is -0.776. The molecule has 1 N–H and O–H groups in total. The summed E-state index contributed by atoms with van der Waals surface area (Å²) in [7, 11) is 1.55. The van der Waals surface area contributed by atoms with Crippen molar-refractivity contribution in [1.29, 1.82) is 0 Å². The van der Waals surface area contributed by atoms with E-state index in [4.69, 9.17) is 9.47 Å². The second-order valence-electron chi connectivity index (χ2n) is 9.33. The minimum absolute atomic E-state index is 0.0276. The van der Waals surface area contributed by atoms with Crippen molar-refractivity contribution >= 4 is 5.97 Å². The van der Waals surface area contributed by atoms with Crippen LogP contribution in [0.25, 0.3) is 11.1 Å². The number of carbonyl (C=O) groups is 1. The topological polar surface area (TPSA) is 68.7 Å². The number of hydrogen-bond donors (Lipinski definition) is 1. The quantitative estimate of drug-likeness (QED) is 0.455. The number of aromatic nitrogens is 1. The molecule has 1 aromatic heterocycles. The Balaban J connectivity index is 1.40. The van der Waals surface area contributed by atoms with Crippen molar-refractivity contribution in [3.63, 3.8) is 0 Å². The molecule has 34 heavy (non-hydrogen) atoms. The van der Waals surface area contributed by atoms with Crippen LogP contribution in [0.15, 0.2) is 54.7 Å². The van der Waals surface area contributed by atoms with Crippen LogP contribution in [0.4, 0.5) is 4.39 Å². The van der Waals surface area contributed by atoms with Gasteiger partial charge in [-0.2, -0.15) is 0 Å². The molecule has 3 atom stereocenters. The van der Waals surface area contributed by atoms with E-state index in [0.717, 1.165) is 47.3 Å². The molecular weight excluding hydrogens is 433 g/mol. The molecule has 1 aliphatic carbocycles. The fraction of sp³-hybridized carbons (Fsp3) is 0.357. The van der Waals surface area contributed by atoms with Crippen molar-refractivity contribution in [3.8, 4) is 22.8 Å². The molecule has 0 radical (unpaired) electrons. The van der Waals surface area contributed by atoms with Gasteiger partial charge in [0.1, 0.15) is 17.7 Å². The van der Waals surface area contributed by atoms with Crippen LogP contribution >= 0.6 is 0 Å². The predicted octanol–water partition coefficient (Wildman–Crippen LogP) is 6.18. The summed E-state index contributed by atoms with van der Waals surface area (Å²) < 4.78 is 26.7. The summed E-state index contributed by atoms with van der Waals surface area (Å²) in [5, 5.41) is 9.60. The SMILES string of the molecule is COc1cc(-c2ccc([C@@H]3CCc4ccc([C@H](C5CC5)[C@H](C)C(=O)O)cc4O3)c(F)c2)ccn1. The van der Waals surface area contributed by atoms with Gasteiger partial charge in [-0.25, -0.2) is 9.37 Å². The number of rotatable bonds is 7. The van der Waals surface area contributed by atoms with E-state index in [-0.39, 0.29) is 17.8 Å². The van der Waals surface area contributed by atoms with Gasteiger partial charge in [-0.3, -0.25) is 4.79 Å². The Morgan fingerprint density at radius 3 is 2.62 bits per heavy atom. The number of pyridine rings is 1. The molecule has 1 saturated carbocycles. The second-order valence-corrected chi connectivity index (χ2v) is 9.33. The van der Waals surface area contributed by atoms with Crippen LogP contribution in [0.5, 0.6) is 11.6 Å². The Kier molecular flexibility index (Phi) is 5.98. The third kappa shape index (κ3) is 4.37. The average molecular weight is 462 g/mol. The van der Waals surface area contributed by atoms with Crippen molar-refractivity contribution in [1.82, 2.24) is 4.98 Å². The molecule has 2 heterocycles. The zero-order valence-corrected chi connectivity index (χ0v) is 19.3. The summed E-state index contributed by atoms with van der Waals surface area (Å²) in [6, 6.07) is 14.9. The first-order chi connectivity index (χ1) is 16.4. The normalized spacial score (nSPS) is 19.0. The second kappa shape index (κ2) is 9.09. The smallest absolute Gasteiger partial charge is 0.306 e. The highest BCUT2D eigenvalue weighted by Gasteiger charge is 2.39. The van der Waals surface area contributed by atoms with Crippen molar-refractivity contribution in [2.45, 2.75) is 44.6 Å². The van der Waals surface area contributed by atoms with Crippen LogP contribution in [-0.2, 0) is 11.2 Å². The zero-order valence-electron chi connectivity index (χ0n) is 19.3. The molecule has 0 bridgehead atoms. The number of benzene rings is 2. The van der Waals surface area contributed by atoms with Gasteiger partial charge >= 0.3 is 5.97 Å². The van der Waals surface area contributed by atoms with Gasteiger partial charge in [-0.1, -0.05) is 31.2 Å². The van der Waals surface area contributed by atoms with Gasteiger partial charge in [0.15, 0.2) is 0 Å². The Morgan fingerprint density at radius 1 is 1.12 bits per heavy atom. The van der Waals surface area contributed by atoms with E-state index in [1.165, 1.54) is 6.07 Å². The molecule has 0 spiro atoms. The van der Waals surface area contributed by atoms with Gasteiger partial charge in [0, 0.05) is 17.8 Å². The summed E-state index contributed by atoms with van der Waals surface area (Å²) in [5.41, 5.74) is 4.18. The standard InChI is InChI=1S/C28H28FNO4/c1-16(28(31)32)27(18-4-5-18)21-6-3-17-8-10-24(34-25(17)14-21)22-9-7-19(13-23(22)29)20-11-12-30-26(15-20)33-2/h3,6-7,9,11-16,18,24,27H,4-5,8,10H2,1-2H3,(H,31,32)/t16-,24-,27-/m0/s1. The van der Waals surface area contributed by atoms with E-state index >= 15 is 4.39 Å². The van der Waals surface area contributed by atoms with E-state index < -0.39 is 11.9 Å². The first-order valence-electron chi connectivity index (χ1n) is 11.8. The molecule has 5 rings (SSSR count). The Labute approximate surface area is 198 Å². The first-order valence-corrected chi connectivity index (χ1v) is 11.8. The molecule has 2 aromatic carbocycles. The van der Waals surface area contributed by atoms with Crippen molar-refractivity contribution < 1.29 is 23.8 Å². The number of nitrogens with zero attached hydrogens (tertiary/aromatic N) is 1. The Hall–Kier alpha value is -3.41. The number of halogens is 1. The first kappa shape index (κ1) is 22.4. The Morgan fingerprint density at radius 2 is 1.91 bits per heavy atom. The molecule has 0 saturated heterocycles. The summed E-state index contributed by atoms with van der Waals surface area (Å²) in [6.45, 7) is 1.78. The summed E-state index contributed by atoms with van der Waals surface area (Å²) in [4.78, 5) is 15.8. The predicted molar refractivity (Wildman–Crippen MR) is 127 cm³/mol. The van der Waals surface area contributed by atoms with Crippen molar-refractivity contribution in [2.75, 3.05) is 7.11 Å². The fourth-order valence-corrected chi connectivity index (χ4v) is 5.06. The molecule has 2 aliphatic rings. The molecule has 1 aliphatic heterocycles. The van der Waals surface area contributed by atoms with E-state index in [9.17, 15) is 9.90 Å². The number of ether oxygens (including phenoxy) is 2. The number of fused-ring (bicyclic) bond motifs is 1. The Bertz CT molecular complexity index is 1220. The molecule has 1 fully saturated rings. The van der Waals surface area contributed by atoms with Gasteiger partial charge in [0.05, 0.1) is 13.0 Å². The number of carboxylic acids is 1. The molecule has 6 heteroatoms. The van der Waals surface area contributed by atoms with Gasteiger partial charge in [0.25, 0.3) is 0 Å². The molecule has 0 unspecified atom stereocenters. The van der Waals surface area contributed by atoms with Crippen LogP contribution in [0.1, 0.15) is 54.9 Å². The largest absolute Gasteiger partial charge is 0.485 e. The zero-order chi connectivity index (χ0) is 23.8. The highest BCUT2D eigenvalue weighted by Crippen LogP contribution is 2.48. The maximum Gasteiger partial charge on any atom is 0.306 e. The monoisotopic (exact) mass is 461 g/mol. The number of carboxylic acid groups (broad SMARTS) is 1. The number of aryl methyl sites for hydroxylation is 1. The third-order valence-corrected chi connectivity index (χ3v) is 7.10. The highest BCUT2D eigenvalue weighted by molar-refractivity contribution is 5.71. The van der Waals surface area contributed by atoms with Crippen LogP contribution in [0, 0.1) is 17.7 Å². The maximum absolute atomic E-state index is 15.2. The lowest BCUT2D eigenvalue weighted by Gasteiger charge is -2.29. The van der Waals surface area contributed by atoms with E-state index in [2.05, 4.69) is 4.98 Å². The van der Waals surface area contributed by atoms with Crippen LogP contribution in [0.2, 0.25) is 0 Å². The van der Waals surface area contributed by atoms with Crippen LogP contribution < -0.4 is 9.47 Å². The summed E-state index contributed by atoms with van der Waals surface area (Å²) >= 11 is 0. The van der Waals surface area contributed by atoms with Crippen molar-refractivity contribution in [2.24, 2.45) is 11.8 Å². The van der Waals surface area contributed by atoms with Crippen molar-refractivity contribution in [3.05, 3.63) is 77.2 Å². The average Bonchev–Trinajstić information content (AvgIpc) is 3.68. The van der Waals surface area contributed by atoms with Crippen LogP contribution in [0.3, 0.4) is 0 Å². The molecule has 0 amide bonds. The fourth-order valence-electron chi connectivity index (χ4n) is 5.06. The van der Waals surface area contributed by atoms with Gasteiger partial charge in [-0.05, 0) is 78.0 Å². The number of aliphatic carboxylic acids is 1. The molecule has 5 nitrogen and oxygen atoms in total. The molecule has 176 valence electrons. The van der Waals surface area contributed by atoms with Gasteiger partial charge < -0.3 is 14.6 Å². The molecule has 3 aromatic rings. The maximum atomic E-state index is 15.2. The number of methoxy groups -OCH3 is 1. The lowest BCUT2D eigenvalue weighted by Crippen LogP contribution is -2.21. The summed E-state index contributed by atoms with van der Waals surface area (Å²) in [6.07, 6.45) is 4.83. The van der Waals surface area contributed by atoms with Gasteiger partial charge in [-0.15, -0.1) is 0 Å². The van der Waals surface area contributed by atoms with Gasteiger partial charge in [0.2, 0.25) is 5.88 Å².